The van der Waals surface area contributed by atoms with Crippen molar-refractivity contribution >= 4 is 26.9 Å². The molecule has 0 spiro atoms. The second kappa shape index (κ2) is 8.72. The molecule has 1 aromatic heterocycles. The number of nitrogens with one attached hydrogen (secondary N) is 1. The standard InChI is InChI=1S/C23H26N2O5S/c1-16-20-14-18(29-2)9-10-21(20)30-22(16)23(26)24-15-17-7-6-8-19(13-17)31(27,28)25-11-4-3-5-12-25/h6-10,13-14H,3-5,11-12,15H2,1-2H3,(H,24,26). The number of hydrogen-bond acceptors (Lipinski definition) is 5. The van der Waals surface area contributed by atoms with Crippen molar-refractivity contribution in [3.8, 4) is 5.75 Å². The second-order valence-electron chi connectivity index (χ2n) is 7.71. The van der Waals surface area contributed by atoms with Crippen LogP contribution in [0.5, 0.6) is 5.75 Å². The Balaban J connectivity index is 1.49. The van der Waals surface area contributed by atoms with E-state index in [1.807, 2.05) is 13.0 Å². The zero-order valence-electron chi connectivity index (χ0n) is 17.7. The minimum Gasteiger partial charge on any atom is -0.497 e. The number of carbonyl (C=O) groups excluding carboxylic acids is 1. The summed E-state index contributed by atoms with van der Waals surface area (Å²) in [4.78, 5) is 13.0. The van der Waals surface area contributed by atoms with E-state index in [4.69, 9.17) is 9.15 Å². The Morgan fingerprint density at radius 2 is 1.90 bits per heavy atom. The molecule has 1 aliphatic rings. The first kappa shape index (κ1) is 21.4. The highest BCUT2D eigenvalue weighted by molar-refractivity contribution is 7.89. The quantitative estimate of drug-likeness (QED) is 0.626. The van der Waals surface area contributed by atoms with E-state index in [2.05, 4.69) is 5.32 Å². The molecular weight excluding hydrogens is 416 g/mol. The van der Waals surface area contributed by atoms with E-state index in [1.165, 1.54) is 0 Å². The second-order valence-corrected chi connectivity index (χ2v) is 9.65. The number of hydrogen-bond donors (Lipinski definition) is 1. The first-order valence-corrected chi connectivity index (χ1v) is 11.8. The molecule has 2 aromatic carbocycles. The molecule has 1 amide bonds. The molecule has 0 saturated carbocycles. The maximum Gasteiger partial charge on any atom is 0.287 e. The van der Waals surface area contributed by atoms with Crippen molar-refractivity contribution in [3.05, 3.63) is 59.4 Å². The van der Waals surface area contributed by atoms with Crippen molar-refractivity contribution in [1.29, 1.82) is 0 Å². The zero-order chi connectivity index (χ0) is 22.0. The summed E-state index contributed by atoms with van der Waals surface area (Å²) in [5.74, 6) is 0.576. The number of carbonyl (C=O) groups is 1. The third-order valence-electron chi connectivity index (χ3n) is 5.65. The van der Waals surface area contributed by atoms with Crippen LogP contribution < -0.4 is 10.1 Å². The number of fused-ring (bicyclic) bond motifs is 1. The van der Waals surface area contributed by atoms with Crippen LogP contribution in [-0.4, -0.2) is 38.8 Å². The molecule has 0 aliphatic carbocycles. The molecule has 7 nitrogen and oxygen atoms in total. The SMILES string of the molecule is COc1ccc2oc(C(=O)NCc3cccc(S(=O)(=O)N4CCCCC4)c3)c(C)c2c1. The summed E-state index contributed by atoms with van der Waals surface area (Å²) in [5, 5.41) is 3.65. The Morgan fingerprint density at radius 1 is 1.13 bits per heavy atom. The van der Waals surface area contributed by atoms with Crippen LogP contribution >= 0.6 is 0 Å². The lowest BCUT2D eigenvalue weighted by Gasteiger charge is -2.26. The summed E-state index contributed by atoms with van der Waals surface area (Å²) in [5.41, 5.74) is 2.05. The van der Waals surface area contributed by atoms with Crippen LogP contribution in [0.25, 0.3) is 11.0 Å². The lowest BCUT2D eigenvalue weighted by molar-refractivity contribution is 0.0924. The van der Waals surface area contributed by atoms with Crippen molar-refractivity contribution in [3.63, 3.8) is 0 Å². The lowest BCUT2D eigenvalue weighted by Crippen LogP contribution is -2.35. The van der Waals surface area contributed by atoms with Gasteiger partial charge in [0.05, 0.1) is 12.0 Å². The van der Waals surface area contributed by atoms with Crippen LogP contribution in [0.2, 0.25) is 0 Å². The summed E-state index contributed by atoms with van der Waals surface area (Å²) < 4.78 is 38.3. The minimum absolute atomic E-state index is 0.196. The third-order valence-corrected chi connectivity index (χ3v) is 7.55. The Morgan fingerprint density at radius 3 is 2.65 bits per heavy atom. The molecule has 4 rings (SSSR count). The van der Waals surface area contributed by atoms with Crippen LogP contribution in [0.3, 0.4) is 0 Å². The fourth-order valence-corrected chi connectivity index (χ4v) is 5.46. The Kier molecular flexibility index (Phi) is 6.02. The van der Waals surface area contributed by atoms with Crippen LogP contribution in [0, 0.1) is 6.92 Å². The number of rotatable bonds is 6. The minimum atomic E-state index is -3.52. The summed E-state index contributed by atoms with van der Waals surface area (Å²) in [6, 6.07) is 12.1. The third kappa shape index (κ3) is 4.31. The number of aryl methyl sites for hydroxylation is 1. The number of piperidine rings is 1. The average molecular weight is 443 g/mol. The zero-order valence-corrected chi connectivity index (χ0v) is 18.5. The fraction of sp³-hybridized carbons (Fsp3) is 0.348. The van der Waals surface area contributed by atoms with Crippen molar-refractivity contribution in [2.45, 2.75) is 37.6 Å². The van der Waals surface area contributed by atoms with Gasteiger partial charge in [0.1, 0.15) is 11.3 Å². The molecule has 1 fully saturated rings. The van der Waals surface area contributed by atoms with E-state index >= 15 is 0 Å². The van der Waals surface area contributed by atoms with Crippen molar-refractivity contribution in [1.82, 2.24) is 9.62 Å². The van der Waals surface area contributed by atoms with Gasteiger partial charge < -0.3 is 14.5 Å². The van der Waals surface area contributed by atoms with Gasteiger partial charge in [-0.3, -0.25) is 4.79 Å². The lowest BCUT2D eigenvalue weighted by atomic mass is 10.1. The molecule has 1 N–H and O–H groups in total. The van der Waals surface area contributed by atoms with Gasteiger partial charge in [-0.25, -0.2) is 8.42 Å². The fourth-order valence-electron chi connectivity index (χ4n) is 3.88. The van der Waals surface area contributed by atoms with E-state index in [1.54, 1.807) is 47.8 Å². The highest BCUT2D eigenvalue weighted by Crippen LogP contribution is 2.29. The van der Waals surface area contributed by atoms with Gasteiger partial charge in [0.25, 0.3) is 5.91 Å². The number of sulfonamides is 1. The highest BCUT2D eigenvalue weighted by Gasteiger charge is 2.26. The first-order valence-electron chi connectivity index (χ1n) is 10.3. The first-order chi connectivity index (χ1) is 14.9. The summed E-state index contributed by atoms with van der Waals surface area (Å²) in [7, 11) is -1.93. The van der Waals surface area contributed by atoms with Gasteiger partial charge in [-0.05, 0) is 55.7 Å². The molecule has 1 aliphatic heterocycles. The molecule has 3 aromatic rings. The van der Waals surface area contributed by atoms with Crippen LogP contribution in [-0.2, 0) is 16.6 Å². The topological polar surface area (TPSA) is 88.8 Å². The van der Waals surface area contributed by atoms with Gasteiger partial charge in [0.15, 0.2) is 5.76 Å². The van der Waals surface area contributed by atoms with Gasteiger partial charge in [0.2, 0.25) is 10.0 Å². The predicted molar refractivity (Wildman–Crippen MR) is 118 cm³/mol. The van der Waals surface area contributed by atoms with Gasteiger partial charge in [0, 0.05) is 30.6 Å². The molecular formula is C23H26N2O5S. The molecule has 0 unspecified atom stereocenters. The molecule has 164 valence electrons. The molecule has 8 heteroatoms. The molecule has 31 heavy (non-hydrogen) atoms. The Hall–Kier alpha value is -2.84. The summed E-state index contributed by atoms with van der Waals surface area (Å²) in [6.45, 7) is 3.13. The van der Waals surface area contributed by atoms with Gasteiger partial charge >= 0.3 is 0 Å². The number of methoxy groups -OCH3 is 1. The summed E-state index contributed by atoms with van der Waals surface area (Å²) in [6.07, 6.45) is 2.83. The monoisotopic (exact) mass is 442 g/mol. The van der Waals surface area contributed by atoms with E-state index in [-0.39, 0.29) is 23.1 Å². The molecule has 2 heterocycles. The van der Waals surface area contributed by atoms with E-state index in [0.717, 1.165) is 30.2 Å². The maximum absolute atomic E-state index is 12.9. The number of nitrogens with zero attached hydrogens (tertiary/aromatic N) is 1. The van der Waals surface area contributed by atoms with Gasteiger partial charge in [-0.1, -0.05) is 18.6 Å². The van der Waals surface area contributed by atoms with E-state index in [0.29, 0.717) is 30.0 Å². The van der Waals surface area contributed by atoms with E-state index in [9.17, 15) is 13.2 Å². The number of amides is 1. The predicted octanol–water partition coefficient (Wildman–Crippen LogP) is 3.85. The van der Waals surface area contributed by atoms with Crippen LogP contribution in [0.1, 0.15) is 40.9 Å². The van der Waals surface area contributed by atoms with E-state index < -0.39 is 10.0 Å². The number of furan rings is 1. The Bertz CT molecular complexity index is 1210. The van der Waals surface area contributed by atoms with Crippen molar-refractivity contribution < 1.29 is 22.4 Å². The maximum atomic E-state index is 12.9. The molecule has 0 radical (unpaired) electrons. The van der Waals surface area contributed by atoms with Crippen LogP contribution in [0.15, 0.2) is 51.8 Å². The smallest absolute Gasteiger partial charge is 0.287 e. The number of benzene rings is 2. The molecule has 1 saturated heterocycles. The largest absolute Gasteiger partial charge is 0.497 e. The van der Waals surface area contributed by atoms with Gasteiger partial charge in [-0.2, -0.15) is 4.31 Å². The van der Waals surface area contributed by atoms with Crippen LogP contribution in [0.4, 0.5) is 0 Å². The molecule has 0 bridgehead atoms. The average Bonchev–Trinajstić information content (AvgIpc) is 3.14. The summed E-state index contributed by atoms with van der Waals surface area (Å²) >= 11 is 0. The van der Waals surface area contributed by atoms with Crippen molar-refractivity contribution in [2.75, 3.05) is 20.2 Å². The number of ether oxygens (including phenoxy) is 1. The highest BCUT2D eigenvalue weighted by atomic mass is 32.2. The van der Waals surface area contributed by atoms with Gasteiger partial charge in [-0.15, -0.1) is 0 Å². The Labute approximate surface area is 182 Å². The molecule has 0 atom stereocenters. The van der Waals surface area contributed by atoms with Crippen molar-refractivity contribution in [2.24, 2.45) is 0 Å². The normalized spacial score (nSPS) is 15.2.